The van der Waals surface area contributed by atoms with Gasteiger partial charge >= 0.3 is 5.97 Å². The van der Waals surface area contributed by atoms with Gasteiger partial charge in [-0.05, 0) is 37.3 Å². The molecule has 0 aromatic heterocycles. The Bertz CT molecular complexity index is 778. The highest BCUT2D eigenvalue weighted by Gasteiger charge is 2.28. The number of carbonyl (C=O) groups is 2. The van der Waals surface area contributed by atoms with E-state index in [1.807, 2.05) is 54.3 Å². The van der Waals surface area contributed by atoms with Crippen molar-refractivity contribution in [3.63, 3.8) is 0 Å². The van der Waals surface area contributed by atoms with Crippen molar-refractivity contribution in [1.82, 2.24) is 4.90 Å². The number of esters is 1. The van der Waals surface area contributed by atoms with Gasteiger partial charge in [-0.15, -0.1) is 0 Å². The molecular formula is C26H35NO4. The van der Waals surface area contributed by atoms with Crippen molar-refractivity contribution >= 4 is 11.9 Å². The highest BCUT2D eigenvalue weighted by molar-refractivity contribution is 5.79. The van der Waals surface area contributed by atoms with E-state index < -0.39 is 6.10 Å². The maximum Gasteiger partial charge on any atom is 0.305 e. The van der Waals surface area contributed by atoms with E-state index in [1.54, 1.807) is 0 Å². The van der Waals surface area contributed by atoms with Crippen LogP contribution in [0.15, 0.2) is 42.5 Å². The topological polar surface area (TPSA) is 66.8 Å². The van der Waals surface area contributed by atoms with E-state index in [0.717, 1.165) is 44.2 Å². The molecule has 1 heterocycles. The predicted molar refractivity (Wildman–Crippen MR) is 122 cm³/mol. The predicted octanol–water partition coefficient (Wildman–Crippen LogP) is 4.10. The second kappa shape index (κ2) is 13.7. The molecule has 1 aromatic rings. The summed E-state index contributed by atoms with van der Waals surface area (Å²) in [7, 11) is 1.41. The number of aliphatic hydroxyl groups excluding tert-OH is 1. The van der Waals surface area contributed by atoms with Crippen LogP contribution in [0.2, 0.25) is 0 Å². The number of rotatable bonds is 11. The number of methoxy groups -OCH3 is 1. The molecular weight excluding hydrogens is 390 g/mol. The van der Waals surface area contributed by atoms with Gasteiger partial charge in [0.1, 0.15) is 0 Å². The minimum absolute atomic E-state index is 0.0211. The van der Waals surface area contributed by atoms with E-state index in [2.05, 4.69) is 16.6 Å². The summed E-state index contributed by atoms with van der Waals surface area (Å²) in [6.45, 7) is 2.71. The number of unbranched alkanes of at least 4 members (excludes halogenated alkanes) is 3. The highest BCUT2D eigenvalue weighted by Crippen LogP contribution is 2.22. The average Bonchev–Trinajstić information content (AvgIpc) is 3.14. The van der Waals surface area contributed by atoms with Crippen LogP contribution in [0.1, 0.15) is 63.9 Å². The van der Waals surface area contributed by atoms with Gasteiger partial charge in [0.15, 0.2) is 0 Å². The Balaban J connectivity index is 1.74. The molecule has 1 aliphatic rings. The van der Waals surface area contributed by atoms with Crippen LogP contribution in [0, 0.1) is 17.8 Å². The van der Waals surface area contributed by atoms with Crippen LogP contribution in [-0.2, 0) is 14.3 Å². The van der Waals surface area contributed by atoms with Crippen molar-refractivity contribution in [2.75, 3.05) is 13.7 Å². The van der Waals surface area contributed by atoms with Gasteiger partial charge in [-0.25, -0.2) is 0 Å². The molecule has 0 aliphatic carbocycles. The zero-order valence-electron chi connectivity index (χ0n) is 18.8. The summed E-state index contributed by atoms with van der Waals surface area (Å²) in [6.07, 6.45) is 9.32. The van der Waals surface area contributed by atoms with Crippen LogP contribution >= 0.6 is 0 Å². The lowest BCUT2D eigenvalue weighted by Crippen LogP contribution is -2.33. The first-order valence-corrected chi connectivity index (χ1v) is 11.3. The third-order valence-corrected chi connectivity index (χ3v) is 5.68. The molecule has 1 aromatic carbocycles. The first-order chi connectivity index (χ1) is 15.0. The molecule has 0 spiro atoms. The third-order valence-electron chi connectivity index (χ3n) is 5.68. The molecule has 5 nitrogen and oxygen atoms in total. The van der Waals surface area contributed by atoms with Crippen molar-refractivity contribution in [2.24, 2.45) is 5.92 Å². The largest absolute Gasteiger partial charge is 0.469 e. The molecule has 0 unspecified atom stereocenters. The number of benzene rings is 1. The minimum atomic E-state index is -0.582. The van der Waals surface area contributed by atoms with Crippen LogP contribution in [0.25, 0.3) is 0 Å². The second-order valence-electron chi connectivity index (χ2n) is 8.16. The quantitative estimate of drug-likeness (QED) is 0.251. The van der Waals surface area contributed by atoms with Gasteiger partial charge in [-0.2, -0.15) is 0 Å². The summed E-state index contributed by atoms with van der Waals surface area (Å²) in [5.41, 5.74) is 0.977. The maximum atomic E-state index is 12.2. The van der Waals surface area contributed by atoms with Crippen molar-refractivity contribution in [2.45, 2.75) is 70.4 Å². The van der Waals surface area contributed by atoms with E-state index in [0.29, 0.717) is 19.3 Å². The van der Waals surface area contributed by atoms with Gasteiger partial charge in [0.2, 0.25) is 5.91 Å². The Labute approximate surface area is 186 Å². The summed E-state index contributed by atoms with van der Waals surface area (Å²) >= 11 is 0. The fourth-order valence-electron chi connectivity index (χ4n) is 3.64. The number of hydrogen-bond acceptors (Lipinski definition) is 4. The first-order valence-electron chi connectivity index (χ1n) is 11.3. The minimum Gasteiger partial charge on any atom is -0.469 e. The zero-order chi connectivity index (χ0) is 22.5. The number of ether oxygens (including phenoxy) is 1. The highest BCUT2D eigenvalue weighted by atomic mass is 16.5. The third kappa shape index (κ3) is 8.98. The maximum absolute atomic E-state index is 12.2. The van der Waals surface area contributed by atoms with E-state index >= 15 is 0 Å². The SMILES string of the molecule is COC(=O)CCCCCCN1C(=O)CC[C@@H]1/C=C/[C@@H](O)[C@@H](C)CC#Cc1ccccc1. The van der Waals surface area contributed by atoms with E-state index in [-0.39, 0.29) is 23.8 Å². The Morgan fingerprint density at radius 2 is 2.00 bits per heavy atom. The number of likely N-dealkylation sites (tertiary alicyclic amines) is 1. The molecule has 1 N–H and O–H groups in total. The van der Waals surface area contributed by atoms with Gasteiger partial charge in [0, 0.05) is 31.4 Å². The second-order valence-corrected chi connectivity index (χ2v) is 8.16. The van der Waals surface area contributed by atoms with Crippen molar-refractivity contribution in [3.8, 4) is 11.8 Å². The summed E-state index contributed by atoms with van der Waals surface area (Å²) in [5.74, 6) is 6.30. The van der Waals surface area contributed by atoms with Gasteiger partial charge in [-0.1, -0.05) is 62.0 Å². The van der Waals surface area contributed by atoms with Gasteiger partial charge < -0.3 is 14.7 Å². The first kappa shape index (κ1) is 24.7. The molecule has 0 bridgehead atoms. The van der Waals surface area contributed by atoms with Gasteiger partial charge in [0.25, 0.3) is 0 Å². The average molecular weight is 426 g/mol. The normalized spacial score (nSPS) is 18.0. The van der Waals surface area contributed by atoms with E-state index in [1.165, 1.54) is 7.11 Å². The fraction of sp³-hybridized carbons (Fsp3) is 0.538. The molecule has 1 saturated heterocycles. The molecule has 31 heavy (non-hydrogen) atoms. The Hall–Kier alpha value is -2.58. The Morgan fingerprint density at radius 1 is 1.26 bits per heavy atom. The smallest absolute Gasteiger partial charge is 0.305 e. The van der Waals surface area contributed by atoms with E-state index in [4.69, 9.17) is 0 Å². The van der Waals surface area contributed by atoms with Gasteiger partial charge in [0.05, 0.1) is 19.3 Å². The van der Waals surface area contributed by atoms with Crippen molar-refractivity contribution < 1.29 is 19.4 Å². The van der Waals surface area contributed by atoms with Crippen LogP contribution in [0.3, 0.4) is 0 Å². The fourth-order valence-corrected chi connectivity index (χ4v) is 3.64. The van der Waals surface area contributed by atoms with Crippen LogP contribution in [0.5, 0.6) is 0 Å². The molecule has 3 atom stereocenters. The summed E-state index contributed by atoms with van der Waals surface area (Å²) < 4.78 is 4.64. The monoisotopic (exact) mass is 425 g/mol. The number of hydrogen-bond donors (Lipinski definition) is 1. The molecule has 2 rings (SSSR count). The molecule has 5 heteroatoms. The van der Waals surface area contributed by atoms with Crippen molar-refractivity contribution in [1.29, 1.82) is 0 Å². The van der Waals surface area contributed by atoms with Crippen molar-refractivity contribution in [3.05, 3.63) is 48.0 Å². The van der Waals surface area contributed by atoms with E-state index in [9.17, 15) is 14.7 Å². The molecule has 1 amide bonds. The molecule has 1 aliphatic heterocycles. The zero-order valence-corrected chi connectivity index (χ0v) is 18.8. The number of aliphatic hydroxyl groups is 1. The lowest BCUT2D eigenvalue weighted by Gasteiger charge is -2.23. The summed E-state index contributed by atoms with van der Waals surface area (Å²) in [4.78, 5) is 25.3. The summed E-state index contributed by atoms with van der Waals surface area (Å²) in [6, 6.07) is 9.88. The lowest BCUT2D eigenvalue weighted by atomic mass is 9.99. The molecule has 0 saturated carbocycles. The molecule has 168 valence electrons. The number of amides is 1. The number of carbonyl (C=O) groups excluding carboxylic acids is 2. The number of nitrogens with zero attached hydrogens (tertiary/aromatic N) is 1. The Kier molecular flexibility index (Phi) is 10.9. The van der Waals surface area contributed by atoms with Crippen LogP contribution < -0.4 is 0 Å². The van der Waals surface area contributed by atoms with Crippen LogP contribution in [0.4, 0.5) is 0 Å². The van der Waals surface area contributed by atoms with Gasteiger partial charge in [-0.3, -0.25) is 9.59 Å². The standard InChI is InChI=1S/C26H35NO4/c1-21(11-10-14-22-12-6-5-7-13-22)24(28)18-16-23-17-19-25(29)27(23)20-9-4-3-8-15-26(30)31-2/h5-7,12-13,16,18,21,23-24,28H,3-4,8-9,11,15,17,19-20H2,1-2H3/b18-16+/t21-,23-,24+/m0/s1. The molecule has 0 radical (unpaired) electrons. The molecule has 1 fully saturated rings. The Morgan fingerprint density at radius 3 is 2.74 bits per heavy atom. The summed E-state index contributed by atoms with van der Waals surface area (Å²) in [5, 5.41) is 10.5. The van der Waals surface area contributed by atoms with Crippen LogP contribution in [-0.4, -0.2) is 47.7 Å². The lowest BCUT2D eigenvalue weighted by molar-refractivity contribution is -0.140.